The van der Waals surface area contributed by atoms with Crippen molar-refractivity contribution in [3.05, 3.63) is 30.1 Å². The summed E-state index contributed by atoms with van der Waals surface area (Å²) < 4.78 is 0. The summed E-state index contributed by atoms with van der Waals surface area (Å²) in [5.74, 6) is -0.806. The standard InChI is InChI=1S/C13H19N3O3/c1-16(10-11-5-4-7-14-9-11)13(19)15-8-3-2-6-12(17)18/h4-5,7,9H,2-3,6,8,10H2,1H3,(H,15,19)(H,17,18). The molecule has 0 saturated carbocycles. The van der Waals surface area contributed by atoms with Gasteiger partial charge in [0.25, 0.3) is 0 Å². The van der Waals surface area contributed by atoms with Gasteiger partial charge in [-0.05, 0) is 24.5 Å². The molecule has 104 valence electrons. The number of pyridine rings is 1. The number of carbonyl (C=O) groups excluding carboxylic acids is 1. The predicted molar refractivity (Wildman–Crippen MR) is 70.6 cm³/mol. The molecule has 0 saturated heterocycles. The van der Waals surface area contributed by atoms with Crippen LogP contribution in [0.1, 0.15) is 24.8 Å². The maximum Gasteiger partial charge on any atom is 0.317 e. The first kappa shape index (κ1) is 14.9. The van der Waals surface area contributed by atoms with Gasteiger partial charge in [0.2, 0.25) is 0 Å². The second kappa shape index (κ2) is 8.07. The van der Waals surface area contributed by atoms with Gasteiger partial charge in [-0.3, -0.25) is 9.78 Å². The Bertz CT molecular complexity index is 409. The number of unbranched alkanes of at least 4 members (excludes halogenated alkanes) is 1. The van der Waals surface area contributed by atoms with Crippen LogP contribution in [0, 0.1) is 0 Å². The molecule has 0 aliphatic carbocycles. The van der Waals surface area contributed by atoms with Crippen LogP contribution >= 0.6 is 0 Å². The summed E-state index contributed by atoms with van der Waals surface area (Å²) in [4.78, 5) is 27.6. The number of nitrogens with one attached hydrogen (secondary N) is 1. The molecule has 0 aromatic carbocycles. The fraction of sp³-hybridized carbons (Fsp3) is 0.462. The van der Waals surface area contributed by atoms with Gasteiger partial charge in [0.1, 0.15) is 0 Å². The fourth-order valence-corrected chi connectivity index (χ4v) is 1.57. The van der Waals surface area contributed by atoms with Crippen LogP contribution in [-0.4, -0.2) is 40.6 Å². The van der Waals surface area contributed by atoms with Crippen LogP contribution in [0.25, 0.3) is 0 Å². The van der Waals surface area contributed by atoms with E-state index >= 15 is 0 Å². The lowest BCUT2D eigenvalue weighted by Crippen LogP contribution is -2.37. The van der Waals surface area contributed by atoms with E-state index in [4.69, 9.17) is 5.11 Å². The average molecular weight is 265 g/mol. The van der Waals surface area contributed by atoms with E-state index in [1.165, 1.54) is 0 Å². The molecule has 1 aromatic heterocycles. The second-order valence-corrected chi connectivity index (χ2v) is 4.30. The van der Waals surface area contributed by atoms with Gasteiger partial charge in [0, 0.05) is 39.0 Å². The molecule has 0 aliphatic heterocycles. The molecule has 0 fully saturated rings. The minimum atomic E-state index is -0.806. The highest BCUT2D eigenvalue weighted by Crippen LogP contribution is 2.01. The summed E-state index contributed by atoms with van der Waals surface area (Å²) in [6, 6.07) is 3.57. The molecule has 1 rings (SSSR count). The van der Waals surface area contributed by atoms with E-state index in [0.29, 0.717) is 25.9 Å². The van der Waals surface area contributed by atoms with E-state index in [2.05, 4.69) is 10.3 Å². The molecule has 2 N–H and O–H groups in total. The Labute approximate surface area is 112 Å². The van der Waals surface area contributed by atoms with Crippen molar-refractivity contribution in [1.29, 1.82) is 0 Å². The first-order valence-corrected chi connectivity index (χ1v) is 6.19. The largest absolute Gasteiger partial charge is 0.481 e. The van der Waals surface area contributed by atoms with Gasteiger partial charge in [-0.1, -0.05) is 6.07 Å². The molecule has 0 aliphatic rings. The zero-order valence-corrected chi connectivity index (χ0v) is 11.0. The molecule has 1 heterocycles. The topological polar surface area (TPSA) is 82.5 Å². The molecular formula is C13H19N3O3. The third-order valence-corrected chi connectivity index (χ3v) is 2.58. The van der Waals surface area contributed by atoms with E-state index in [9.17, 15) is 9.59 Å². The summed E-state index contributed by atoms with van der Waals surface area (Å²) in [7, 11) is 1.71. The van der Waals surface area contributed by atoms with Gasteiger partial charge in [-0.2, -0.15) is 0 Å². The molecule has 19 heavy (non-hydrogen) atoms. The summed E-state index contributed by atoms with van der Waals surface area (Å²) in [5.41, 5.74) is 0.964. The number of carboxylic acid groups (broad SMARTS) is 1. The van der Waals surface area contributed by atoms with Crippen molar-refractivity contribution >= 4 is 12.0 Å². The minimum Gasteiger partial charge on any atom is -0.481 e. The molecule has 6 nitrogen and oxygen atoms in total. The number of amides is 2. The SMILES string of the molecule is CN(Cc1cccnc1)C(=O)NCCCCC(=O)O. The van der Waals surface area contributed by atoms with Crippen LogP contribution in [0.5, 0.6) is 0 Å². The molecule has 2 amide bonds. The Balaban J connectivity index is 2.20. The van der Waals surface area contributed by atoms with Crippen LogP contribution < -0.4 is 5.32 Å². The van der Waals surface area contributed by atoms with Crippen molar-refractivity contribution in [1.82, 2.24) is 15.2 Å². The monoisotopic (exact) mass is 265 g/mol. The number of rotatable bonds is 7. The van der Waals surface area contributed by atoms with Gasteiger partial charge in [0.05, 0.1) is 0 Å². The minimum absolute atomic E-state index is 0.140. The van der Waals surface area contributed by atoms with Gasteiger partial charge in [0.15, 0.2) is 0 Å². The van der Waals surface area contributed by atoms with Crippen molar-refractivity contribution < 1.29 is 14.7 Å². The van der Waals surface area contributed by atoms with Crippen LogP contribution in [0.2, 0.25) is 0 Å². The Morgan fingerprint density at radius 3 is 2.84 bits per heavy atom. The number of aliphatic carboxylic acids is 1. The summed E-state index contributed by atoms with van der Waals surface area (Å²) in [5, 5.41) is 11.2. The zero-order chi connectivity index (χ0) is 14.1. The maximum absolute atomic E-state index is 11.7. The molecule has 6 heteroatoms. The lowest BCUT2D eigenvalue weighted by Gasteiger charge is -2.17. The lowest BCUT2D eigenvalue weighted by molar-refractivity contribution is -0.137. The number of urea groups is 1. The summed E-state index contributed by atoms with van der Waals surface area (Å²) in [6.07, 6.45) is 4.78. The van der Waals surface area contributed by atoms with Crippen molar-refractivity contribution in [2.75, 3.05) is 13.6 Å². The molecule has 0 atom stereocenters. The highest BCUT2D eigenvalue weighted by molar-refractivity contribution is 5.73. The highest BCUT2D eigenvalue weighted by atomic mass is 16.4. The second-order valence-electron chi connectivity index (χ2n) is 4.30. The van der Waals surface area contributed by atoms with E-state index in [1.807, 2.05) is 12.1 Å². The number of carboxylic acids is 1. The third-order valence-electron chi connectivity index (χ3n) is 2.58. The van der Waals surface area contributed by atoms with Crippen LogP contribution in [0.4, 0.5) is 4.79 Å². The molecule has 0 unspecified atom stereocenters. The van der Waals surface area contributed by atoms with Gasteiger partial charge < -0.3 is 15.3 Å². The smallest absolute Gasteiger partial charge is 0.317 e. The number of hydrogen-bond donors (Lipinski definition) is 2. The van der Waals surface area contributed by atoms with E-state index < -0.39 is 5.97 Å². The highest BCUT2D eigenvalue weighted by Gasteiger charge is 2.08. The molecule has 0 radical (unpaired) electrons. The first-order chi connectivity index (χ1) is 9.09. The Hall–Kier alpha value is -2.11. The predicted octanol–water partition coefficient (Wildman–Crippen LogP) is 1.48. The van der Waals surface area contributed by atoms with E-state index in [1.54, 1.807) is 24.3 Å². The molecule has 0 spiro atoms. The van der Waals surface area contributed by atoms with Crippen LogP contribution in [-0.2, 0) is 11.3 Å². The van der Waals surface area contributed by atoms with Crippen LogP contribution in [0.3, 0.4) is 0 Å². The van der Waals surface area contributed by atoms with Crippen LogP contribution in [0.15, 0.2) is 24.5 Å². The summed E-state index contributed by atoms with van der Waals surface area (Å²) >= 11 is 0. The normalized spacial score (nSPS) is 9.95. The number of nitrogens with zero attached hydrogens (tertiary/aromatic N) is 2. The van der Waals surface area contributed by atoms with Crippen molar-refractivity contribution in [3.63, 3.8) is 0 Å². The number of aromatic nitrogens is 1. The average Bonchev–Trinajstić information content (AvgIpc) is 2.38. The molecular weight excluding hydrogens is 246 g/mol. The fourth-order valence-electron chi connectivity index (χ4n) is 1.57. The van der Waals surface area contributed by atoms with Gasteiger partial charge in [-0.15, -0.1) is 0 Å². The Morgan fingerprint density at radius 1 is 1.42 bits per heavy atom. The molecule has 1 aromatic rings. The number of hydrogen-bond acceptors (Lipinski definition) is 3. The van der Waals surface area contributed by atoms with Crippen molar-refractivity contribution in [3.8, 4) is 0 Å². The van der Waals surface area contributed by atoms with E-state index in [-0.39, 0.29) is 12.5 Å². The quantitative estimate of drug-likeness (QED) is 0.731. The van der Waals surface area contributed by atoms with Gasteiger partial charge >= 0.3 is 12.0 Å². The zero-order valence-electron chi connectivity index (χ0n) is 11.0. The lowest BCUT2D eigenvalue weighted by atomic mass is 10.2. The Kier molecular flexibility index (Phi) is 6.35. The first-order valence-electron chi connectivity index (χ1n) is 6.19. The van der Waals surface area contributed by atoms with E-state index in [0.717, 1.165) is 5.56 Å². The molecule has 0 bridgehead atoms. The van der Waals surface area contributed by atoms with Crippen molar-refractivity contribution in [2.45, 2.75) is 25.8 Å². The number of carbonyl (C=O) groups is 2. The summed E-state index contributed by atoms with van der Waals surface area (Å²) in [6.45, 7) is 0.984. The van der Waals surface area contributed by atoms with Gasteiger partial charge in [-0.25, -0.2) is 4.79 Å². The maximum atomic E-state index is 11.7. The Morgan fingerprint density at radius 2 is 2.21 bits per heavy atom. The van der Waals surface area contributed by atoms with Crippen molar-refractivity contribution in [2.24, 2.45) is 0 Å². The third kappa shape index (κ3) is 6.40.